The molecule has 0 N–H and O–H groups in total. The smallest absolute Gasteiger partial charge is 0.294 e. The minimum absolute atomic E-state index is 0.162. The standard InChI is InChI=1S/C12H11F3O/c1-7-2-5-11(16)10-6-8(12(13,14)15)3-4-9(7)10/h3-4,6-7H,2,5H2,1H3. The molecule has 0 spiro atoms. The Kier molecular flexibility index (Phi) is 2.52. The van der Waals surface area contributed by atoms with Gasteiger partial charge in [-0.15, -0.1) is 0 Å². The van der Waals surface area contributed by atoms with Gasteiger partial charge in [0.05, 0.1) is 5.56 Å². The number of fused-ring (bicyclic) bond motifs is 1. The molecule has 0 amide bonds. The number of rotatable bonds is 0. The van der Waals surface area contributed by atoms with Crippen molar-refractivity contribution in [2.24, 2.45) is 0 Å². The summed E-state index contributed by atoms with van der Waals surface area (Å²) in [5.74, 6) is -0.0193. The van der Waals surface area contributed by atoms with Crippen molar-refractivity contribution in [3.63, 3.8) is 0 Å². The van der Waals surface area contributed by atoms with E-state index < -0.39 is 11.7 Å². The van der Waals surface area contributed by atoms with Crippen LogP contribution in [0.15, 0.2) is 18.2 Å². The summed E-state index contributed by atoms with van der Waals surface area (Å²) in [5, 5.41) is 0. The molecule has 0 heterocycles. The van der Waals surface area contributed by atoms with Gasteiger partial charge in [0, 0.05) is 12.0 Å². The van der Waals surface area contributed by atoms with Crippen molar-refractivity contribution in [2.75, 3.05) is 0 Å². The summed E-state index contributed by atoms with van der Waals surface area (Å²) in [5.41, 5.74) is 0.242. The molecule has 2 rings (SSSR count). The van der Waals surface area contributed by atoms with Crippen molar-refractivity contribution in [3.05, 3.63) is 34.9 Å². The monoisotopic (exact) mass is 228 g/mol. The number of halogens is 3. The van der Waals surface area contributed by atoms with Crippen LogP contribution in [0.3, 0.4) is 0 Å². The maximum absolute atomic E-state index is 12.5. The molecule has 86 valence electrons. The lowest BCUT2D eigenvalue weighted by Crippen LogP contribution is -2.16. The van der Waals surface area contributed by atoms with Crippen LogP contribution in [-0.4, -0.2) is 5.78 Å². The first kappa shape index (κ1) is 11.2. The molecule has 4 heteroatoms. The summed E-state index contributed by atoms with van der Waals surface area (Å²) in [6, 6.07) is 3.46. The van der Waals surface area contributed by atoms with Gasteiger partial charge in [0.15, 0.2) is 5.78 Å². The number of hydrogen-bond acceptors (Lipinski definition) is 1. The van der Waals surface area contributed by atoms with Crippen LogP contribution in [0, 0.1) is 0 Å². The molecule has 1 aromatic rings. The van der Waals surface area contributed by atoms with Crippen LogP contribution in [0.4, 0.5) is 13.2 Å². The molecule has 0 saturated carbocycles. The van der Waals surface area contributed by atoms with Crippen molar-refractivity contribution < 1.29 is 18.0 Å². The maximum Gasteiger partial charge on any atom is 0.416 e. The number of hydrogen-bond donors (Lipinski definition) is 0. The molecule has 1 aliphatic rings. The molecule has 0 aromatic heterocycles. The molecule has 1 unspecified atom stereocenters. The summed E-state index contributed by atoms with van der Waals surface area (Å²) in [6.07, 6.45) is -3.32. The van der Waals surface area contributed by atoms with E-state index in [2.05, 4.69) is 0 Å². The average Bonchev–Trinajstić information content (AvgIpc) is 2.22. The van der Waals surface area contributed by atoms with Gasteiger partial charge in [0.2, 0.25) is 0 Å². The fourth-order valence-electron chi connectivity index (χ4n) is 2.04. The van der Waals surface area contributed by atoms with Crippen molar-refractivity contribution in [3.8, 4) is 0 Å². The summed E-state index contributed by atoms with van der Waals surface area (Å²) in [4.78, 5) is 11.5. The maximum atomic E-state index is 12.5. The molecule has 1 atom stereocenters. The van der Waals surface area contributed by atoms with Gasteiger partial charge in [0.1, 0.15) is 0 Å². The Morgan fingerprint density at radius 3 is 2.62 bits per heavy atom. The predicted molar refractivity (Wildman–Crippen MR) is 53.4 cm³/mol. The topological polar surface area (TPSA) is 17.1 Å². The number of Topliss-reactive ketones (excluding diaryl/α,β-unsaturated/α-hetero) is 1. The quantitative estimate of drug-likeness (QED) is 0.660. The summed E-state index contributed by atoms with van der Waals surface area (Å²) >= 11 is 0. The first-order valence-corrected chi connectivity index (χ1v) is 5.14. The van der Waals surface area contributed by atoms with E-state index in [1.165, 1.54) is 6.07 Å². The molecular formula is C12H11F3O. The van der Waals surface area contributed by atoms with Crippen molar-refractivity contribution >= 4 is 5.78 Å². The van der Waals surface area contributed by atoms with E-state index in [1.807, 2.05) is 6.92 Å². The average molecular weight is 228 g/mol. The fourth-order valence-corrected chi connectivity index (χ4v) is 2.04. The minimum Gasteiger partial charge on any atom is -0.294 e. The third-order valence-corrected chi connectivity index (χ3v) is 3.02. The van der Waals surface area contributed by atoms with Crippen LogP contribution in [-0.2, 0) is 6.18 Å². The number of ketones is 1. The molecule has 0 saturated heterocycles. The Labute approximate surface area is 91.3 Å². The number of alkyl halides is 3. The Hall–Kier alpha value is -1.32. The second kappa shape index (κ2) is 3.61. The lowest BCUT2D eigenvalue weighted by molar-refractivity contribution is -0.137. The van der Waals surface area contributed by atoms with Gasteiger partial charge in [-0.2, -0.15) is 13.2 Å². The normalized spacial score (nSPS) is 20.8. The van der Waals surface area contributed by atoms with Gasteiger partial charge in [-0.1, -0.05) is 13.0 Å². The first-order valence-electron chi connectivity index (χ1n) is 5.14. The van der Waals surface area contributed by atoms with E-state index in [-0.39, 0.29) is 17.3 Å². The van der Waals surface area contributed by atoms with Crippen LogP contribution in [0.25, 0.3) is 0 Å². The number of benzene rings is 1. The van der Waals surface area contributed by atoms with Crippen LogP contribution in [0.2, 0.25) is 0 Å². The van der Waals surface area contributed by atoms with Gasteiger partial charge in [-0.3, -0.25) is 4.79 Å². The lowest BCUT2D eigenvalue weighted by Gasteiger charge is -2.22. The Bertz CT molecular complexity index is 434. The molecule has 0 bridgehead atoms. The van der Waals surface area contributed by atoms with Crippen LogP contribution >= 0.6 is 0 Å². The molecule has 1 aromatic carbocycles. The Morgan fingerprint density at radius 1 is 1.31 bits per heavy atom. The number of carbonyl (C=O) groups excluding carboxylic acids is 1. The first-order chi connectivity index (χ1) is 7.39. The highest BCUT2D eigenvalue weighted by molar-refractivity contribution is 5.99. The second-order valence-electron chi connectivity index (χ2n) is 4.16. The molecular weight excluding hydrogens is 217 g/mol. The fraction of sp³-hybridized carbons (Fsp3) is 0.417. The van der Waals surface area contributed by atoms with E-state index in [4.69, 9.17) is 0 Å². The van der Waals surface area contributed by atoms with E-state index in [9.17, 15) is 18.0 Å². The number of carbonyl (C=O) groups is 1. The van der Waals surface area contributed by atoms with Gasteiger partial charge < -0.3 is 0 Å². The van der Waals surface area contributed by atoms with E-state index in [0.717, 1.165) is 24.1 Å². The minimum atomic E-state index is -4.38. The Balaban J connectivity index is 2.52. The highest BCUT2D eigenvalue weighted by Gasteiger charge is 2.33. The molecule has 1 nitrogen and oxygen atoms in total. The third-order valence-electron chi connectivity index (χ3n) is 3.02. The van der Waals surface area contributed by atoms with E-state index >= 15 is 0 Å². The summed E-state index contributed by atoms with van der Waals surface area (Å²) < 4.78 is 37.4. The van der Waals surface area contributed by atoms with E-state index in [1.54, 1.807) is 0 Å². The van der Waals surface area contributed by atoms with Crippen LogP contribution < -0.4 is 0 Å². The summed E-state index contributed by atoms with van der Waals surface area (Å²) in [7, 11) is 0. The van der Waals surface area contributed by atoms with Crippen molar-refractivity contribution in [2.45, 2.75) is 31.9 Å². The SMILES string of the molecule is CC1CCC(=O)c2cc(C(F)(F)F)ccc21. The molecule has 0 radical (unpaired) electrons. The highest BCUT2D eigenvalue weighted by atomic mass is 19.4. The molecule has 1 aliphatic carbocycles. The van der Waals surface area contributed by atoms with Gasteiger partial charge >= 0.3 is 6.18 Å². The summed E-state index contributed by atoms with van der Waals surface area (Å²) in [6.45, 7) is 1.93. The van der Waals surface area contributed by atoms with Crippen molar-refractivity contribution in [1.29, 1.82) is 0 Å². The van der Waals surface area contributed by atoms with Crippen LogP contribution in [0.5, 0.6) is 0 Å². The molecule has 0 aliphatic heterocycles. The second-order valence-corrected chi connectivity index (χ2v) is 4.16. The zero-order valence-electron chi connectivity index (χ0n) is 8.77. The Morgan fingerprint density at radius 2 is 2.00 bits per heavy atom. The molecule has 0 fully saturated rings. The van der Waals surface area contributed by atoms with Gasteiger partial charge in [-0.05, 0) is 30.0 Å². The predicted octanol–water partition coefficient (Wildman–Crippen LogP) is 3.79. The van der Waals surface area contributed by atoms with E-state index in [0.29, 0.717) is 6.42 Å². The zero-order valence-corrected chi connectivity index (χ0v) is 8.77. The molecule has 16 heavy (non-hydrogen) atoms. The third kappa shape index (κ3) is 1.84. The van der Waals surface area contributed by atoms with Crippen molar-refractivity contribution in [1.82, 2.24) is 0 Å². The van der Waals surface area contributed by atoms with Gasteiger partial charge in [0.25, 0.3) is 0 Å². The zero-order chi connectivity index (χ0) is 11.9. The highest BCUT2D eigenvalue weighted by Crippen LogP contribution is 2.36. The lowest BCUT2D eigenvalue weighted by atomic mass is 9.82. The largest absolute Gasteiger partial charge is 0.416 e. The van der Waals surface area contributed by atoms with Gasteiger partial charge in [-0.25, -0.2) is 0 Å². The van der Waals surface area contributed by atoms with Crippen LogP contribution in [0.1, 0.15) is 47.2 Å².